The fraction of sp³-hybridized carbons (Fsp3) is 0.261. The first-order valence-electron chi connectivity index (χ1n) is 9.82. The molecule has 0 heterocycles. The van der Waals surface area contributed by atoms with Crippen molar-refractivity contribution in [1.29, 1.82) is 0 Å². The minimum Gasteiger partial charge on any atom is -0.505 e. The Morgan fingerprint density at radius 2 is 1.81 bits per heavy atom. The molecule has 0 fully saturated rings. The van der Waals surface area contributed by atoms with Gasteiger partial charge in [0.1, 0.15) is 11.4 Å². The number of rotatable bonds is 7. The molecule has 31 heavy (non-hydrogen) atoms. The molecule has 0 bridgehead atoms. The quantitative estimate of drug-likeness (QED) is 0.379. The first-order valence-corrected chi connectivity index (χ1v) is 10.2. The number of phenolic OH excluding ortho intramolecular Hbond substituents is 1. The van der Waals surface area contributed by atoms with E-state index in [0.717, 1.165) is 11.1 Å². The van der Waals surface area contributed by atoms with Gasteiger partial charge in [-0.2, -0.15) is 0 Å². The highest BCUT2D eigenvalue weighted by Gasteiger charge is 2.25. The molecule has 162 valence electrons. The van der Waals surface area contributed by atoms with Gasteiger partial charge in [0.2, 0.25) is 0 Å². The second-order valence-electron chi connectivity index (χ2n) is 7.55. The van der Waals surface area contributed by atoms with Crippen LogP contribution in [0.4, 0.5) is 17.1 Å². The van der Waals surface area contributed by atoms with Gasteiger partial charge in [-0.1, -0.05) is 36.7 Å². The molecule has 0 spiro atoms. The lowest BCUT2D eigenvalue weighted by Gasteiger charge is -2.23. The molecule has 3 rings (SSSR count). The molecule has 7 nitrogen and oxygen atoms in total. The number of aromatic hydroxyl groups is 1. The molecule has 3 aromatic rings. The number of anilines is 3. The molecule has 1 atom stereocenters. The molecule has 0 aromatic heterocycles. The Hall–Kier alpha value is -3.32. The smallest absolute Gasteiger partial charge is 0.257 e. The second-order valence-corrected chi connectivity index (χ2v) is 7.96. The molecule has 0 aliphatic carbocycles. The van der Waals surface area contributed by atoms with E-state index in [1.165, 1.54) is 17.0 Å². The van der Waals surface area contributed by atoms with Gasteiger partial charge in [0.05, 0.1) is 17.3 Å². The third kappa shape index (κ3) is 4.27. The van der Waals surface area contributed by atoms with Crippen LogP contribution in [0.3, 0.4) is 0 Å². The number of carbonyl (C=O) groups is 1. The Morgan fingerprint density at radius 3 is 2.42 bits per heavy atom. The lowest BCUT2D eigenvalue weighted by Crippen LogP contribution is -2.37. The predicted molar refractivity (Wildman–Crippen MR) is 124 cm³/mol. The van der Waals surface area contributed by atoms with Crippen LogP contribution in [0.25, 0.3) is 0 Å². The topological polar surface area (TPSA) is 98.7 Å². The van der Waals surface area contributed by atoms with Crippen LogP contribution in [0.1, 0.15) is 40.9 Å². The number of amides is 1. The average Bonchev–Trinajstić information content (AvgIpc) is 2.75. The highest BCUT2D eigenvalue weighted by atomic mass is 35.5. The van der Waals surface area contributed by atoms with Gasteiger partial charge in [0.15, 0.2) is 5.75 Å². The predicted octanol–water partition coefficient (Wildman–Crippen LogP) is 3.96. The van der Waals surface area contributed by atoms with E-state index in [0.29, 0.717) is 11.4 Å². The molecule has 3 aromatic carbocycles. The molecule has 0 aliphatic heterocycles. The number of aryl methyl sites for hydroxylation is 1. The van der Waals surface area contributed by atoms with E-state index < -0.39 is 10.9 Å². The highest BCUT2D eigenvalue weighted by Crippen LogP contribution is 2.33. The van der Waals surface area contributed by atoms with Crippen LogP contribution in [0.15, 0.2) is 46.0 Å². The lowest BCUT2D eigenvalue weighted by atomic mass is 10.0. The van der Waals surface area contributed by atoms with Crippen molar-refractivity contribution >= 4 is 34.6 Å². The fourth-order valence-electron chi connectivity index (χ4n) is 3.26. The minimum absolute atomic E-state index is 0.0476. The third-order valence-electron chi connectivity index (χ3n) is 5.17. The Morgan fingerprint density at radius 1 is 1.13 bits per heavy atom. The summed E-state index contributed by atoms with van der Waals surface area (Å²) in [5.74, 6) is -0.677. The van der Waals surface area contributed by atoms with Gasteiger partial charge >= 0.3 is 0 Å². The Kier molecular flexibility index (Phi) is 6.36. The van der Waals surface area contributed by atoms with Crippen molar-refractivity contribution in [3.8, 4) is 5.75 Å². The SMILES string of the molecule is CCC(Nc1c(Nc2cccc(C(=O)N(C)C)c2O)c(=O)c1=O)c1ccc(C)c(Cl)c1. The summed E-state index contributed by atoms with van der Waals surface area (Å²) in [6.45, 7) is 3.85. The van der Waals surface area contributed by atoms with Crippen molar-refractivity contribution in [2.75, 3.05) is 24.7 Å². The van der Waals surface area contributed by atoms with E-state index in [1.54, 1.807) is 20.2 Å². The summed E-state index contributed by atoms with van der Waals surface area (Å²) in [5.41, 5.74) is 0.932. The highest BCUT2D eigenvalue weighted by molar-refractivity contribution is 6.31. The number of carbonyl (C=O) groups excluding carboxylic acids is 1. The zero-order chi connectivity index (χ0) is 22.9. The molecule has 0 saturated carbocycles. The van der Waals surface area contributed by atoms with Gasteiger partial charge in [-0.3, -0.25) is 14.4 Å². The van der Waals surface area contributed by atoms with Crippen molar-refractivity contribution in [2.45, 2.75) is 26.3 Å². The zero-order valence-electron chi connectivity index (χ0n) is 17.7. The Labute approximate surface area is 185 Å². The normalized spacial score (nSPS) is 11.9. The van der Waals surface area contributed by atoms with Gasteiger partial charge in [-0.05, 0) is 42.7 Å². The number of hydrogen-bond donors (Lipinski definition) is 3. The van der Waals surface area contributed by atoms with E-state index in [1.807, 2.05) is 32.0 Å². The van der Waals surface area contributed by atoms with Gasteiger partial charge in [-0.25, -0.2) is 0 Å². The fourth-order valence-corrected chi connectivity index (χ4v) is 3.45. The summed E-state index contributed by atoms with van der Waals surface area (Å²) >= 11 is 6.24. The first kappa shape index (κ1) is 22.4. The summed E-state index contributed by atoms with van der Waals surface area (Å²) in [6.07, 6.45) is 0.649. The van der Waals surface area contributed by atoms with Crippen molar-refractivity contribution < 1.29 is 9.90 Å². The van der Waals surface area contributed by atoms with E-state index in [9.17, 15) is 19.5 Å². The zero-order valence-corrected chi connectivity index (χ0v) is 18.5. The maximum absolute atomic E-state index is 12.3. The summed E-state index contributed by atoms with van der Waals surface area (Å²) in [7, 11) is 3.14. The Balaban J connectivity index is 1.91. The van der Waals surface area contributed by atoms with E-state index in [4.69, 9.17) is 11.6 Å². The number of nitrogens with zero attached hydrogens (tertiary/aromatic N) is 1. The molecule has 1 amide bonds. The number of para-hydroxylation sites is 1. The molecule has 3 N–H and O–H groups in total. The van der Waals surface area contributed by atoms with Crippen LogP contribution >= 0.6 is 11.6 Å². The second kappa shape index (κ2) is 8.81. The third-order valence-corrected chi connectivity index (χ3v) is 5.57. The van der Waals surface area contributed by atoms with Crippen molar-refractivity contribution in [2.24, 2.45) is 0 Å². The first-order chi connectivity index (χ1) is 14.6. The van der Waals surface area contributed by atoms with Gasteiger partial charge in [-0.15, -0.1) is 0 Å². The van der Waals surface area contributed by atoms with Crippen LogP contribution < -0.4 is 21.5 Å². The summed E-state index contributed by atoms with van der Waals surface area (Å²) in [4.78, 5) is 38.1. The van der Waals surface area contributed by atoms with Crippen molar-refractivity contribution in [1.82, 2.24) is 4.90 Å². The van der Waals surface area contributed by atoms with Crippen LogP contribution in [0.5, 0.6) is 5.75 Å². The summed E-state index contributed by atoms with van der Waals surface area (Å²) in [6, 6.07) is 10.0. The molecular formula is C23H24ClN3O4. The van der Waals surface area contributed by atoms with E-state index >= 15 is 0 Å². The van der Waals surface area contributed by atoms with Crippen LogP contribution in [-0.2, 0) is 0 Å². The number of hydrogen-bond acceptors (Lipinski definition) is 6. The molecule has 8 heteroatoms. The number of halogens is 1. The number of phenols is 1. The van der Waals surface area contributed by atoms with Crippen molar-refractivity contribution in [3.05, 3.63) is 78.6 Å². The molecule has 0 saturated heterocycles. The largest absolute Gasteiger partial charge is 0.505 e. The molecule has 1 unspecified atom stereocenters. The van der Waals surface area contributed by atoms with Crippen molar-refractivity contribution in [3.63, 3.8) is 0 Å². The molecular weight excluding hydrogens is 418 g/mol. The van der Waals surface area contributed by atoms with Gasteiger partial charge in [0.25, 0.3) is 16.8 Å². The Bertz CT molecular complexity index is 1210. The molecule has 0 radical (unpaired) electrons. The summed E-state index contributed by atoms with van der Waals surface area (Å²) in [5, 5.41) is 17.1. The molecule has 0 aliphatic rings. The lowest BCUT2D eigenvalue weighted by molar-refractivity contribution is 0.0824. The van der Waals surface area contributed by atoms with E-state index in [-0.39, 0.29) is 40.3 Å². The van der Waals surface area contributed by atoms with Crippen LogP contribution in [0.2, 0.25) is 5.02 Å². The standard InChI is InChI=1S/C23H24ClN3O4/c1-5-16(13-10-9-12(2)15(24)11-13)25-18-19(22(30)21(18)29)26-17-8-6-7-14(20(17)28)23(31)27(3)4/h6-11,16,25-26,28H,5H2,1-4H3. The maximum Gasteiger partial charge on any atom is 0.257 e. The van der Waals surface area contributed by atoms with Crippen LogP contribution in [-0.4, -0.2) is 30.0 Å². The van der Waals surface area contributed by atoms with Gasteiger partial charge in [0, 0.05) is 19.1 Å². The number of benzene rings is 2. The average molecular weight is 442 g/mol. The van der Waals surface area contributed by atoms with Gasteiger partial charge < -0.3 is 20.6 Å². The minimum atomic E-state index is -0.692. The monoisotopic (exact) mass is 441 g/mol. The summed E-state index contributed by atoms with van der Waals surface area (Å²) < 4.78 is 0. The number of nitrogens with one attached hydrogen (secondary N) is 2. The van der Waals surface area contributed by atoms with Crippen LogP contribution in [0, 0.1) is 6.92 Å². The maximum atomic E-state index is 12.3. The van der Waals surface area contributed by atoms with E-state index in [2.05, 4.69) is 10.6 Å².